The molecular formula is C13H16O. The maximum absolute atomic E-state index is 5.63. The standard InChI is InChI=1S/C13H16O/c1-3-10-6-5-7-12(14-4-2)13(10)11-8-9-11/h3,5-7,11H,1,4,8-9H2,2H3. The third kappa shape index (κ3) is 1.67. The van der Waals surface area contributed by atoms with E-state index < -0.39 is 0 Å². The molecule has 0 heterocycles. The Morgan fingerprint density at radius 3 is 2.86 bits per heavy atom. The van der Waals surface area contributed by atoms with Crippen molar-refractivity contribution in [3.05, 3.63) is 35.9 Å². The van der Waals surface area contributed by atoms with Crippen LogP contribution in [0.25, 0.3) is 6.08 Å². The van der Waals surface area contributed by atoms with E-state index in [-0.39, 0.29) is 0 Å². The van der Waals surface area contributed by atoms with E-state index in [2.05, 4.69) is 18.7 Å². The van der Waals surface area contributed by atoms with E-state index in [9.17, 15) is 0 Å². The van der Waals surface area contributed by atoms with Gasteiger partial charge in [0.15, 0.2) is 0 Å². The van der Waals surface area contributed by atoms with Gasteiger partial charge in [-0.25, -0.2) is 0 Å². The molecular weight excluding hydrogens is 172 g/mol. The largest absolute Gasteiger partial charge is 0.494 e. The number of rotatable bonds is 4. The van der Waals surface area contributed by atoms with Gasteiger partial charge in [0.1, 0.15) is 5.75 Å². The second-order valence-electron chi connectivity index (χ2n) is 3.67. The van der Waals surface area contributed by atoms with E-state index in [1.165, 1.54) is 24.0 Å². The Kier molecular flexibility index (Phi) is 2.58. The predicted octanol–water partition coefficient (Wildman–Crippen LogP) is 3.61. The van der Waals surface area contributed by atoms with Crippen molar-refractivity contribution in [3.63, 3.8) is 0 Å². The summed E-state index contributed by atoms with van der Waals surface area (Å²) in [5.41, 5.74) is 2.60. The monoisotopic (exact) mass is 188 g/mol. The summed E-state index contributed by atoms with van der Waals surface area (Å²) in [6, 6.07) is 6.21. The SMILES string of the molecule is C=Cc1cccc(OCC)c1C1CC1. The quantitative estimate of drug-likeness (QED) is 0.701. The second kappa shape index (κ2) is 3.87. The van der Waals surface area contributed by atoms with Gasteiger partial charge in [-0.1, -0.05) is 24.8 Å². The lowest BCUT2D eigenvalue weighted by molar-refractivity contribution is 0.336. The second-order valence-corrected chi connectivity index (χ2v) is 3.67. The maximum Gasteiger partial charge on any atom is 0.123 e. The summed E-state index contributed by atoms with van der Waals surface area (Å²) in [6.07, 6.45) is 4.52. The molecule has 1 aromatic rings. The fourth-order valence-electron chi connectivity index (χ4n) is 1.83. The van der Waals surface area contributed by atoms with Gasteiger partial charge in [0.2, 0.25) is 0 Å². The molecule has 1 aliphatic carbocycles. The summed E-state index contributed by atoms with van der Waals surface area (Å²) in [5, 5.41) is 0. The summed E-state index contributed by atoms with van der Waals surface area (Å²) in [5.74, 6) is 1.76. The Morgan fingerprint density at radius 2 is 2.29 bits per heavy atom. The first-order chi connectivity index (χ1) is 6.86. The van der Waals surface area contributed by atoms with E-state index in [1.807, 2.05) is 19.1 Å². The molecule has 74 valence electrons. The van der Waals surface area contributed by atoms with Crippen molar-refractivity contribution in [2.75, 3.05) is 6.61 Å². The van der Waals surface area contributed by atoms with Gasteiger partial charge in [-0.2, -0.15) is 0 Å². The van der Waals surface area contributed by atoms with E-state index in [0.717, 1.165) is 12.4 Å². The number of hydrogen-bond acceptors (Lipinski definition) is 1. The van der Waals surface area contributed by atoms with Crippen LogP contribution < -0.4 is 4.74 Å². The Labute approximate surface area is 85.4 Å². The minimum Gasteiger partial charge on any atom is -0.494 e. The van der Waals surface area contributed by atoms with Crippen molar-refractivity contribution in [3.8, 4) is 5.75 Å². The van der Waals surface area contributed by atoms with Crippen LogP contribution in [0, 0.1) is 0 Å². The molecule has 1 aliphatic rings. The van der Waals surface area contributed by atoms with Gasteiger partial charge in [0.05, 0.1) is 6.61 Å². The summed E-state index contributed by atoms with van der Waals surface area (Å²) in [4.78, 5) is 0. The van der Waals surface area contributed by atoms with Crippen molar-refractivity contribution in [1.29, 1.82) is 0 Å². The predicted molar refractivity (Wildman–Crippen MR) is 59.7 cm³/mol. The molecule has 1 heteroatoms. The first-order valence-electron chi connectivity index (χ1n) is 5.25. The molecule has 0 radical (unpaired) electrons. The van der Waals surface area contributed by atoms with E-state index in [4.69, 9.17) is 4.74 Å². The van der Waals surface area contributed by atoms with Gasteiger partial charge in [0.25, 0.3) is 0 Å². The summed E-state index contributed by atoms with van der Waals surface area (Å²) in [7, 11) is 0. The highest BCUT2D eigenvalue weighted by atomic mass is 16.5. The maximum atomic E-state index is 5.63. The molecule has 0 saturated heterocycles. The van der Waals surface area contributed by atoms with Crippen LogP contribution >= 0.6 is 0 Å². The molecule has 1 aromatic carbocycles. The third-order valence-electron chi connectivity index (χ3n) is 2.61. The van der Waals surface area contributed by atoms with Crippen molar-refractivity contribution in [1.82, 2.24) is 0 Å². The molecule has 0 unspecified atom stereocenters. The number of benzene rings is 1. The lowest BCUT2D eigenvalue weighted by Crippen LogP contribution is -1.97. The van der Waals surface area contributed by atoms with Crippen molar-refractivity contribution in [2.24, 2.45) is 0 Å². The van der Waals surface area contributed by atoms with Crippen LogP contribution in [0.3, 0.4) is 0 Å². The zero-order valence-electron chi connectivity index (χ0n) is 8.62. The average Bonchev–Trinajstić information content (AvgIpc) is 3.01. The third-order valence-corrected chi connectivity index (χ3v) is 2.61. The normalized spacial score (nSPS) is 15.2. The molecule has 0 aromatic heterocycles. The van der Waals surface area contributed by atoms with Gasteiger partial charge in [-0.3, -0.25) is 0 Å². The average molecular weight is 188 g/mol. The smallest absolute Gasteiger partial charge is 0.123 e. The van der Waals surface area contributed by atoms with Crippen molar-refractivity contribution >= 4 is 6.08 Å². The lowest BCUT2D eigenvalue weighted by atomic mass is 10.0. The van der Waals surface area contributed by atoms with Gasteiger partial charge < -0.3 is 4.74 Å². The summed E-state index contributed by atoms with van der Waals surface area (Å²) >= 11 is 0. The molecule has 0 bridgehead atoms. The Balaban J connectivity index is 2.41. The molecule has 1 saturated carbocycles. The molecule has 0 amide bonds. The molecule has 0 spiro atoms. The Bertz CT molecular complexity index is 337. The topological polar surface area (TPSA) is 9.23 Å². The highest BCUT2D eigenvalue weighted by molar-refractivity contribution is 5.59. The molecule has 2 rings (SSSR count). The molecule has 14 heavy (non-hydrogen) atoms. The van der Waals surface area contributed by atoms with Crippen molar-refractivity contribution in [2.45, 2.75) is 25.7 Å². The van der Waals surface area contributed by atoms with Gasteiger partial charge >= 0.3 is 0 Å². The zero-order valence-corrected chi connectivity index (χ0v) is 8.62. The van der Waals surface area contributed by atoms with Gasteiger partial charge in [-0.15, -0.1) is 0 Å². The molecule has 0 atom stereocenters. The van der Waals surface area contributed by atoms with Crippen LogP contribution in [-0.4, -0.2) is 6.61 Å². The molecule has 1 fully saturated rings. The summed E-state index contributed by atoms with van der Waals surface area (Å²) < 4.78 is 5.63. The first kappa shape index (κ1) is 9.32. The van der Waals surface area contributed by atoms with Crippen LogP contribution in [-0.2, 0) is 0 Å². The molecule has 0 aliphatic heterocycles. The fourth-order valence-corrected chi connectivity index (χ4v) is 1.83. The van der Waals surface area contributed by atoms with Crippen LogP contribution in [0.5, 0.6) is 5.75 Å². The fraction of sp³-hybridized carbons (Fsp3) is 0.385. The van der Waals surface area contributed by atoms with E-state index >= 15 is 0 Å². The van der Waals surface area contributed by atoms with Gasteiger partial charge in [0, 0.05) is 5.56 Å². The van der Waals surface area contributed by atoms with E-state index in [0.29, 0.717) is 5.92 Å². The minimum atomic E-state index is 0.714. The highest BCUT2D eigenvalue weighted by Gasteiger charge is 2.28. The van der Waals surface area contributed by atoms with Gasteiger partial charge in [-0.05, 0) is 37.3 Å². The number of hydrogen-bond donors (Lipinski definition) is 0. The zero-order chi connectivity index (χ0) is 9.97. The molecule has 0 N–H and O–H groups in total. The highest BCUT2D eigenvalue weighted by Crippen LogP contribution is 2.46. The molecule has 1 nitrogen and oxygen atoms in total. The van der Waals surface area contributed by atoms with Crippen molar-refractivity contribution < 1.29 is 4.74 Å². The number of ether oxygens (including phenoxy) is 1. The Hall–Kier alpha value is -1.24. The Morgan fingerprint density at radius 1 is 1.50 bits per heavy atom. The lowest BCUT2D eigenvalue weighted by Gasteiger charge is -2.11. The van der Waals surface area contributed by atoms with E-state index in [1.54, 1.807) is 0 Å². The van der Waals surface area contributed by atoms with Crippen LogP contribution in [0.4, 0.5) is 0 Å². The van der Waals surface area contributed by atoms with Crippen LogP contribution in [0.15, 0.2) is 24.8 Å². The first-order valence-corrected chi connectivity index (χ1v) is 5.25. The van der Waals surface area contributed by atoms with Crippen LogP contribution in [0.1, 0.15) is 36.8 Å². The van der Waals surface area contributed by atoms with Crippen LogP contribution in [0.2, 0.25) is 0 Å². The minimum absolute atomic E-state index is 0.714. The summed E-state index contributed by atoms with van der Waals surface area (Å²) in [6.45, 7) is 6.61.